The third kappa shape index (κ3) is 1.89. The summed E-state index contributed by atoms with van der Waals surface area (Å²) in [5, 5.41) is 0. The van der Waals surface area contributed by atoms with E-state index in [1.165, 1.54) is 0 Å². The van der Waals surface area contributed by atoms with E-state index in [1.54, 1.807) is 0 Å². The molecule has 1 rings (SSSR count). The predicted molar refractivity (Wildman–Crippen MR) is 49.9 cm³/mol. The fourth-order valence-corrected chi connectivity index (χ4v) is 1.41. The van der Waals surface area contributed by atoms with Crippen LogP contribution in [0.15, 0.2) is 11.4 Å². The molecular weight excluding hydrogens is 152 g/mol. The molecule has 0 spiro atoms. The Morgan fingerprint density at radius 2 is 2.17 bits per heavy atom. The third-order valence-electron chi connectivity index (χ3n) is 2.31. The molecule has 0 aliphatic carbocycles. The number of hydrazine groups is 1. The van der Waals surface area contributed by atoms with Crippen molar-refractivity contribution in [2.24, 2.45) is 11.6 Å². The molecule has 12 heavy (non-hydrogen) atoms. The molecule has 1 aliphatic rings. The van der Waals surface area contributed by atoms with Gasteiger partial charge in [0.25, 0.3) is 0 Å². The second kappa shape index (κ2) is 3.78. The Bertz CT molecular complexity index is 185. The Hall–Kier alpha value is -0.740. The second-order valence-corrected chi connectivity index (χ2v) is 3.46. The first-order valence-electron chi connectivity index (χ1n) is 4.33. The van der Waals surface area contributed by atoms with Crippen LogP contribution in [0.2, 0.25) is 0 Å². The van der Waals surface area contributed by atoms with Crippen molar-refractivity contribution in [1.29, 1.82) is 0 Å². The summed E-state index contributed by atoms with van der Waals surface area (Å²) >= 11 is 0. The summed E-state index contributed by atoms with van der Waals surface area (Å²) in [7, 11) is 0. The smallest absolute Gasteiger partial charge is 0.0472 e. The van der Waals surface area contributed by atoms with Crippen LogP contribution in [0.3, 0.4) is 0 Å². The Morgan fingerprint density at radius 3 is 2.58 bits per heavy atom. The van der Waals surface area contributed by atoms with Crippen LogP contribution in [0.1, 0.15) is 20.3 Å². The maximum absolute atomic E-state index is 5.81. The molecule has 70 valence electrons. The lowest BCUT2D eigenvalue weighted by Crippen LogP contribution is -2.42. The van der Waals surface area contributed by atoms with Crippen molar-refractivity contribution < 1.29 is 0 Å². The number of hydrogen-bond donors (Lipinski definition) is 3. The molecule has 0 radical (unpaired) electrons. The van der Waals surface area contributed by atoms with Gasteiger partial charge in [0.05, 0.1) is 0 Å². The van der Waals surface area contributed by atoms with Gasteiger partial charge in [-0.1, -0.05) is 0 Å². The molecule has 5 N–H and O–H groups in total. The summed E-state index contributed by atoms with van der Waals surface area (Å²) in [6.45, 7) is 6.22. The zero-order valence-electron chi connectivity index (χ0n) is 7.80. The summed E-state index contributed by atoms with van der Waals surface area (Å²) in [6.07, 6.45) is 0.931. The van der Waals surface area contributed by atoms with Gasteiger partial charge in [-0.2, -0.15) is 0 Å². The van der Waals surface area contributed by atoms with E-state index in [1.807, 2.05) is 0 Å². The molecule has 4 nitrogen and oxygen atoms in total. The van der Waals surface area contributed by atoms with Gasteiger partial charge in [-0.05, 0) is 13.8 Å². The predicted octanol–water partition coefficient (Wildman–Crippen LogP) is -0.266. The van der Waals surface area contributed by atoms with Crippen molar-refractivity contribution in [1.82, 2.24) is 10.3 Å². The van der Waals surface area contributed by atoms with Gasteiger partial charge in [-0.3, -0.25) is 10.7 Å². The van der Waals surface area contributed by atoms with Crippen LogP contribution in [-0.4, -0.2) is 24.0 Å². The lowest BCUT2D eigenvalue weighted by molar-refractivity contribution is 0.228. The molecule has 1 aliphatic heterocycles. The van der Waals surface area contributed by atoms with Gasteiger partial charge < -0.3 is 11.2 Å². The quantitative estimate of drug-likeness (QED) is 0.394. The van der Waals surface area contributed by atoms with Gasteiger partial charge >= 0.3 is 0 Å². The Labute approximate surface area is 73.6 Å². The van der Waals surface area contributed by atoms with Crippen LogP contribution >= 0.6 is 0 Å². The van der Waals surface area contributed by atoms with E-state index in [0.29, 0.717) is 6.04 Å². The normalized spacial score (nSPS) is 20.3. The largest absolute Gasteiger partial charge is 0.400 e. The molecule has 0 atom stereocenters. The first-order valence-corrected chi connectivity index (χ1v) is 4.33. The fourth-order valence-electron chi connectivity index (χ4n) is 1.41. The summed E-state index contributed by atoms with van der Waals surface area (Å²) in [6, 6.07) is 0.558. The molecule has 0 aromatic rings. The topological polar surface area (TPSA) is 67.3 Å². The lowest BCUT2D eigenvalue weighted by Gasteiger charge is -2.31. The SMILES string of the molecule is CC(C)N1CCC(NN)=C(N)C1. The third-order valence-corrected chi connectivity index (χ3v) is 2.31. The highest BCUT2D eigenvalue weighted by Gasteiger charge is 2.17. The molecule has 0 saturated heterocycles. The Morgan fingerprint density at radius 1 is 1.50 bits per heavy atom. The minimum absolute atomic E-state index is 0.558. The van der Waals surface area contributed by atoms with Crippen molar-refractivity contribution >= 4 is 0 Å². The van der Waals surface area contributed by atoms with E-state index in [2.05, 4.69) is 24.2 Å². The minimum atomic E-state index is 0.558. The van der Waals surface area contributed by atoms with Gasteiger partial charge in [-0.25, -0.2) is 0 Å². The molecule has 0 aromatic heterocycles. The van der Waals surface area contributed by atoms with Crippen LogP contribution in [0.25, 0.3) is 0 Å². The van der Waals surface area contributed by atoms with E-state index in [4.69, 9.17) is 11.6 Å². The molecule has 0 amide bonds. The standard InChI is InChI=1S/C8H18N4/c1-6(2)12-4-3-8(11-10)7(9)5-12/h6,11H,3-5,9-10H2,1-2H3. The van der Waals surface area contributed by atoms with Crippen molar-refractivity contribution in [3.8, 4) is 0 Å². The summed E-state index contributed by atoms with van der Waals surface area (Å²) < 4.78 is 0. The molecule has 0 aromatic carbocycles. The number of nitrogens with two attached hydrogens (primary N) is 2. The lowest BCUT2D eigenvalue weighted by atomic mass is 10.1. The number of hydrogen-bond acceptors (Lipinski definition) is 4. The number of nitrogens with one attached hydrogen (secondary N) is 1. The highest BCUT2D eigenvalue weighted by Crippen LogP contribution is 2.13. The summed E-state index contributed by atoms with van der Waals surface area (Å²) in [4.78, 5) is 2.33. The Kier molecular flexibility index (Phi) is 2.94. The van der Waals surface area contributed by atoms with E-state index in [-0.39, 0.29) is 0 Å². The molecular formula is C8H18N4. The summed E-state index contributed by atoms with van der Waals surface area (Å²) in [5.74, 6) is 5.31. The molecule has 0 fully saturated rings. The van der Waals surface area contributed by atoms with Crippen LogP contribution < -0.4 is 17.0 Å². The van der Waals surface area contributed by atoms with Crippen molar-refractivity contribution in [3.63, 3.8) is 0 Å². The van der Waals surface area contributed by atoms with Crippen LogP contribution in [0, 0.1) is 0 Å². The molecule has 0 unspecified atom stereocenters. The van der Waals surface area contributed by atoms with Crippen LogP contribution in [0.5, 0.6) is 0 Å². The zero-order chi connectivity index (χ0) is 9.14. The minimum Gasteiger partial charge on any atom is -0.400 e. The molecule has 0 saturated carbocycles. The highest BCUT2D eigenvalue weighted by atomic mass is 15.2. The van der Waals surface area contributed by atoms with Crippen molar-refractivity contribution in [2.45, 2.75) is 26.3 Å². The average Bonchev–Trinajstić information content (AvgIpc) is 2.04. The zero-order valence-corrected chi connectivity index (χ0v) is 7.80. The monoisotopic (exact) mass is 170 g/mol. The van der Waals surface area contributed by atoms with Crippen LogP contribution in [0.4, 0.5) is 0 Å². The number of nitrogens with zero attached hydrogens (tertiary/aromatic N) is 1. The maximum atomic E-state index is 5.81. The van der Waals surface area contributed by atoms with Gasteiger partial charge in [-0.15, -0.1) is 0 Å². The van der Waals surface area contributed by atoms with E-state index in [0.717, 1.165) is 30.9 Å². The van der Waals surface area contributed by atoms with Gasteiger partial charge in [0.15, 0.2) is 0 Å². The van der Waals surface area contributed by atoms with Crippen molar-refractivity contribution in [3.05, 3.63) is 11.4 Å². The van der Waals surface area contributed by atoms with E-state index >= 15 is 0 Å². The van der Waals surface area contributed by atoms with Gasteiger partial charge in [0, 0.05) is 36.9 Å². The second-order valence-electron chi connectivity index (χ2n) is 3.46. The van der Waals surface area contributed by atoms with E-state index < -0.39 is 0 Å². The van der Waals surface area contributed by atoms with E-state index in [9.17, 15) is 0 Å². The van der Waals surface area contributed by atoms with Crippen LogP contribution in [-0.2, 0) is 0 Å². The Balaban J connectivity index is 2.59. The van der Waals surface area contributed by atoms with Gasteiger partial charge in [0.1, 0.15) is 0 Å². The molecule has 4 heteroatoms. The first kappa shape index (κ1) is 9.35. The van der Waals surface area contributed by atoms with Crippen molar-refractivity contribution in [2.75, 3.05) is 13.1 Å². The molecule has 0 bridgehead atoms. The average molecular weight is 170 g/mol. The fraction of sp³-hybridized carbons (Fsp3) is 0.750. The number of rotatable bonds is 2. The summed E-state index contributed by atoms with van der Waals surface area (Å²) in [5.41, 5.74) is 10.3. The highest BCUT2D eigenvalue weighted by molar-refractivity contribution is 5.13. The maximum Gasteiger partial charge on any atom is 0.0472 e. The molecule has 1 heterocycles. The van der Waals surface area contributed by atoms with Gasteiger partial charge in [0.2, 0.25) is 0 Å². The first-order chi connectivity index (χ1) is 5.65.